The van der Waals surface area contributed by atoms with Crippen molar-refractivity contribution in [2.75, 3.05) is 31.2 Å². The molecule has 0 fully saturated rings. The number of carbonyl (C=O) groups is 1. The number of nitrogens with zero attached hydrogens (tertiary/aromatic N) is 3. The molecule has 1 amide bonds. The average molecular weight is 488 g/mol. The summed E-state index contributed by atoms with van der Waals surface area (Å²) in [5.74, 6) is -0.357. The van der Waals surface area contributed by atoms with Crippen molar-refractivity contribution in [1.82, 2.24) is 15.3 Å². The molecule has 1 aromatic carbocycles. The van der Waals surface area contributed by atoms with Crippen molar-refractivity contribution in [2.45, 2.75) is 25.4 Å². The molecular weight excluding hydrogens is 461 g/mol. The number of aliphatic imine (C=N–C) groups is 1. The zero-order valence-electron chi connectivity index (χ0n) is 17.2. The summed E-state index contributed by atoms with van der Waals surface area (Å²) in [6, 6.07) is 7.47. The number of nitrogens with one attached hydrogen (secondary N) is 1. The Balaban J connectivity index is 0.00000512. The number of aryl methyl sites for hydroxylation is 1. The number of hydrogen-bond donors (Lipinski definition) is 6. The predicted octanol–water partition coefficient (Wildman–Crippen LogP) is 0.516. The lowest BCUT2D eigenvalue weighted by molar-refractivity contribution is 0.0533. The van der Waals surface area contributed by atoms with Crippen LogP contribution in [0.2, 0.25) is 5.15 Å². The van der Waals surface area contributed by atoms with Crippen LogP contribution in [0.4, 0.5) is 11.6 Å². The minimum absolute atomic E-state index is 0. The van der Waals surface area contributed by atoms with Crippen molar-refractivity contribution >= 4 is 47.5 Å². The normalized spacial score (nSPS) is 12.0. The molecule has 0 aliphatic rings. The molecule has 32 heavy (non-hydrogen) atoms. The van der Waals surface area contributed by atoms with Crippen molar-refractivity contribution in [2.24, 2.45) is 10.7 Å². The molecule has 9 N–H and O–H groups in total. The number of nitrogen functional groups attached to an aromatic ring is 2. The Morgan fingerprint density at radius 2 is 1.94 bits per heavy atom. The van der Waals surface area contributed by atoms with Gasteiger partial charge in [0.25, 0.3) is 5.91 Å². The molecule has 0 radical (unpaired) electrons. The number of guanidine groups is 1. The number of amides is 1. The third-order valence-corrected chi connectivity index (χ3v) is 4.39. The van der Waals surface area contributed by atoms with Crippen LogP contribution in [0.5, 0.6) is 5.75 Å². The van der Waals surface area contributed by atoms with Gasteiger partial charge in [0, 0.05) is 6.54 Å². The van der Waals surface area contributed by atoms with Crippen LogP contribution in [0.25, 0.3) is 0 Å². The first-order valence-corrected chi connectivity index (χ1v) is 9.89. The van der Waals surface area contributed by atoms with E-state index < -0.39 is 12.0 Å². The lowest BCUT2D eigenvalue weighted by Crippen LogP contribution is -2.38. The van der Waals surface area contributed by atoms with Gasteiger partial charge in [0.05, 0.1) is 6.61 Å². The van der Waals surface area contributed by atoms with E-state index in [1.807, 2.05) is 24.3 Å². The molecule has 0 spiro atoms. The number of anilines is 2. The van der Waals surface area contributed by atoms with E-state index in [0.717, 1.165) is 18.4 Å². The number of ether oxygens (including phenoxy) is 1. The van der Waals surface area contributed by atoms with E-state index in [2.05, 4.69) is 20.3 Å². The van der Waals surface area contributed by atoms with Crippen molar-refractivity contribution in [3.63, 3.8) is 0 Å². The molecule has 1 unspecified atom stereocenters. The highest BCUT2D eigenvalue weighted by Gasteiger charge is 2.16. The van der Waals surface area contributed by atoms with E-state index in [1.165, 1.54) is 0 Å². The van der Waals surface area contributed by atoms with Gasteiger partial charge in [-0.15, -0.1) is 12.4 Å². The first-order chi connectivity index (χ1) is 14.8. The smallest absolute Gasteiger partial charge is 0.280 e. The Bertz CT molecular complexity index is 931. The summed E-state index contributed by atoms with van der Waals surface area (Å²) in [5, 5.41) is 20.5. The minimum Gasteiger partial charge on any atom is -0.491 e. The highest BCUT2D eigenvalue weighted by Crippen LogP contribution is 2.20. The molecule has 1 heterocycles. The van der Waals surface area contributed by atoms with Crippen molar-refractivity contribution < 1.29 is 19.7 Å². The highest BCUT2D eigenvalue weighted by molar-refractivity contribution is 6.31. The number of carbonyl (C=O) groups excluding carboxylic acids is 1. The number of unbranched alkanes of at least 4 members (excludes halogenated alkanes) is 1. The third-order valence-electron chi connectivity index (χ3n) is 4.11. The van der Waals surface area contributed by atoms with Crippen LogP contribution < -0.4 is 27.3 Å². The SMILES string of the molecule is Cl.NC(=NCCCCc1ccccc1OCC(O)CO)NC(=O)c1nc(Cl)c(N)nc1N. The number of hydrogen-bond acceptors (Lipinski definition) is 9. The van der Waals surface area contributed by atoms with E-state index >= 15 is 0 Å². The Morgan fingerprint density at radius 1 is 1.22 bits per heavy atom. The van der Waals surface area contributed by atoms with Crippen molar-refractivity contribution in [1.29, 1.82) is 0 Å². The number of aliphatic hydroxyl groups excluding tert-OH is 2. The zero-order valence-corrected chi connectivity index (χ0v) is 18.8. The second-order valence-corrected chi connectivity index (χ2v) is 6.92. The monoisotopic (exact) mass is 487 g/mol. The summed E-state index contributed by atoms with van der Waals surface area (Å²) in [7, 11) is 0. The summed E-state index contributed by atoms with van der Waals surface area (Å²) in [6.07, 6.45) is 1.30. The number of benzene rings is 1. The highest BCUT2D eigenvalue weighted by atomic mass is 35.5. The largest absolute Gasteiger partial charge is 0.491 e. The summed E-state index contributed by atoms with van der Waals surface area (Å²) < 4.78 is 5.55. The standard InChI is InChI=1S/C19H26ClN7O4.ClH/c20-15-17(22)26-16(21)14(25-15)18(30)27-19(23)24-8-4-3-6-11-5-1-2-7-13(11)31-10-12(29)9-28;/h1-2,5,7,12,28-29H,3-4,6,8-10H2,(H4,21,22,26)(H3,23,24,27,30);1H. The lowest BCUT2D eigenvalue weighted by Gasteiger charge is -2.13. The number of aromatic nitrogens is 2. The van der Waals surface area contributed by atoms with Gasteiger partial charge in [0.2, 0.25) is 0 Å². The van der Waals surface area contributed by atoms with Crippen molar-refractivity contribution in [3.05, 3.63) is 40.7 Å². The van der Waals surface area contributed by atoms with Gasteiger partial charge in [0.1, 0.15) is 18.5 Å². The molecule has 2 aromatic rings. The summed E-state index contributed by atoms with van der Waals surface area (Å²) in [5.41, 5.74) is 17.6. The van der Waals surface area contributed by atoms with Gasteiger partial charge in [-0.1, -0.05) is 29.8 Å². The fourth-order valence-corrected chi connectivity index (χ4v) is 2.67. The number of rotatable bonds is 10. The van der Waals surface area contributed by atoms with Gasteiger partial charge in [-0.2, -0.15) is 0 Å². The number of halogens is 2. The number of para-hydroxylation sites is 1. The molecule has 11 nitrogen and oxygen atoms in total. The van der Waals surface area contributed by atoms with Crippen LogP contribution in [0.1, 0.15) is 28.9 Å². The van der Waals surface area contributed by atoms with Gasteiger partial charge in [0.15, 0.2) is 28.4 Å². The fraction of sp³-hybridized carbons (Fsp3) is 0.368. The molecule has 0 saturated carbocycles. The maximum atomic E-state index is 12.2. The van der Waals surface area contributed by atoms with Crippen molar-refractivity contribution in [3.8, 4) is 5.75 Å². The Labute approximate surface area is 196 Å². The predicted molar refractivity (Wildman–Crippen MR) is 125 cm³/mol. The zero-order chi connectivity index (χ0) is 22.8. The summed E-state index contributed by atoms with van der Waals surface area (Å²) in [6.45, 7) is 0.0484. The van der Waals surface area contributed by atoms with E-state index in [9.17, 15) is 9.90 Å². The second kappa shape index (κ2) is 13.5. The van der Waals surface area contributed by atoms with E-state index in [0.29, 0.717) is 18.7 Å². The first-order valence-electron chi connectivity index (χ1n) is 9.51. The summed E-state index contributed by atoms with van der Waals surface area (Å²) >= 11 is 5.76. The summed E-state index contributed by atoms with van der Waals surface area (Å²) in [4.78, 5) is 23.8. The van der Waals surface area contributed by atoms with Gasteiger partial charge in [-0.05, 0) is 30.9 Å². The molecule has 1 aromatic heterocycles. The Hall–Kier alpha value is -2.86. The molecule has 0 aliphatic carbocycles. The lowest BCUT2D eigenvalue weighted by atomic mass is 10.1. The first kappa shape index (κ1) is 27.2. The van der Waals surface area contributed by atoms with Gasteiger partial charge < -0.3 is 32.2 Å². The fourth-order valence-electron chi connectivity index (χ4n) is 2.54. The van der Waals surface area contributed by atoms with Gasteiger partial charge in [-0.3, -0.25) is 15.1 Å². The van der Waals surface area contributed by atoms with Crippen LogP contribution in [0.15, 0.2) is 29.3 Å². The van der Waals surface area contributed by atoms with E-state index in [1.54, 1.807) is 0 Å². The molecule has 2 rings (SSSR count). The van der Waals surface area contributed by atoms with Crippen LogP contribution in [-0.4, -0.2) is 57.9 Å². The van der Waals surface area contributed by atoms with Crippen LogP contribution >= 0.6 is 24.0 Å². The molecule has 0 aliphatic heterocycles. The maximum absolute atomic E-state index is 12.2. The van der Waals surface area contributed by atoms with Gasteiger partial charge in [-0.25, -0.2) is 9.97 Å². The molecular formula is C19H27Cl2N7O4. The van der Waals surface area contributed by atoms with E-state index in [-0.39, 0.29) is 54.1 Å². The second-order valence-electron chi connectivity index (χ2n) is 6.57. The maximum Gasteiger partial charge on any atom is 0.280 e. The molecule has 176 valence electrons. The topological polar surface area (TPSA) is 195 Å². The number of aliphatic hydroxyl groups is 2. The Kier molecular flexibility index (Phi) is 11.5. The van der Waals surface area contributed by atoms with Crippen LogP contribution in [0, 0.1) is 0 Å². The molecule has 1 atom stereocenters. The van der Waals surface area contributed by atoms with Gasteiger partial charge >= 0.3 is 0 Å². The third kappa shape index (κ3) is 8.35. The quantitative estimate of drug-likeness (QED) is 0.157. The molecule has 13 heteroatoms. The van der Waals surface area contributed by atoms with Crippen LogP contribution in [0.3, 0.4) is 0 Å². The van der Waals surface area contributed by atoms with E-state index in [4.69, 9.17) is 38.6 Å². The minimum atomic E-state index is -0.925. The average Bonchev–Trinajstić information content (AvgIpc) is 2.74. The molecule has 0 saturated heterocycles. The molecule has 0 bridgehead atoms. The van der Waals surface area contributed by atoms with Crippen LogP contribution in [-0.2, 0) is 6.42 Å². The Morgan fingerprint density at radius 3 is 2.66 bits per heavy atom. The number of nitrogens with two attached hydrogens (primary N) is 3.